The van der Waals surface area contributed by atoms with E-state index < -0.39 is 10.0 Å². The summed E-state index contributed by atoms with van der Waals surface area (Å²) in [5, 5.41) is 3.05. The Morgan fingerprint density at radius 1 is 0.882 bits per heavy atom. The molecule has 1 atom stereocenters. The van der Waals surface area contributed by atoms with Crippen molar-refractivity contribution in [2.45, 2.75) is 51.0 Å². The number of hydrogen-bond donors (Lipinski definition) is 1. The SMILES string of the molecule is CCCC[C@@H](CC)CNC(=O)c1ccccc1N(Cc1ccccc1)S(=O)(=O)c1ccccc1. The van der Waals surface area contributed by atoms with Crippen LogP contribution in [-0.4, -0.2) is 20.9 Å². The van der Waals surface area contributed by atoms with Crippen molar-refractivity contribution >= 4 is 21.6 Å². The number of carbonyl (C=O) groups excluding carboxylic acids is 1. The average Bonchev–Trinajstić information content (AvgIpc) is 2.88. The first kappa shape index (κ1) is 25.5. The van der Waals surface area contributed by atoms with Gasteiger partial charge >= 0.3 is 0 Å². The number of para-hydroxylation sites is 1. The topological polar surface area (TPSA) is 66.5 Å². The van der Waals surface area contributed by atoms with Crippen molar-refractivity contribution in [2.24, 2.45) is 5.92 Å². The second-order valence-electron chi connectivity index (χ2n) is 8.45. The fraction of sp³-hybridized carbons (Fsp3) is 0.321. The van der Waals surface area contributed by atoms with Gasteiger partial charge < -0.3 is 5.32 Å². The number of benzene rings is 3. The molecule has 0 unspecified atom stereocenters. The molecule has 0 spiro atoms. The van der Waals surface area contributed by atoms with Gasteiger partial charge in [0.25, 0.3) is 15.9 Å². The molecule has 6 heteroatoms. The molecule has 0 aliphatic heterocycles. The molecule has 0 bridgehead atoms. The van der Waals surface area contributed by atoms with Gasteiger partial charge in [0, 0.05) is 6.54 Å². The quantitative estimate of drug-likeness (QED) is 0.346. The van der Waals surface area contributed by atoms with E-state index in [0.29, 0.717) is 23.7 Å². The number of amides is 1. The van der Waals surface area contributed by atoms with Gasteiger partial charge in [-0.1, -0.05) is 93.8 Å². The Kier molecular flexibility index (Phi) is 9.28. The zero-order chi connectivity index (χ0) is 24.4. The summed E-state index contributed by atoms with van der Waals surface area (Å²) in [5.74, 6) is 0.149. The van der Waals surface area contributed by atoms with Crippen molar-refractivity contribution in [3.05, 3.63) is 96.1 Å². The lowest BCUT2D eigenvalue weighted by Gasteiger charge is -2.27. The van der Waals surface area contributed by atoms with E-state index in [9.17, 15) is 13.2 Å². The molecule has 0 fully saturated rings. The number of nitrogens with zero attached hydrogens (tertiary/aromatic N) is 1. The second-order valence-corrected chi connectivity index (χ2v) is 10.3. The molecular formula is C28H34N2O3S. The summed E-state index contributed by atoms with van der Waals surface area (Å²) in [7, 11) is -3.90. The maximum Gasteiger partial charge on any atom is 0.264 e. The van der Waals surface area contributed by atoms with Crippen molar-refractivity contribution in [3.63, 3.8) is 0 Å². The molecule has 1 amide bonds. The van der Waals surface area contributed by atoms with Crippen molar-refractivity contribution in [1.29, 1.82) is 0 Å². The zero-order valence-corrected chi connectivity index (χ0v) is 20.8. The third-order valence-corrected chi connectivity index (χ3v) is 7.79. The molecule has 0 aromatic heterocycles. The van der Waals surface area contributed by atoms with E-state index in [2.05, 4.69) is 19.2 Å². The molecule has 0 saturated heterocycles. The van der Waals surface area contributed by atoms with Gasteiger partial charge in [-0.2, -0.15) is 0 Å². The number of anilines is 1. The summed E-state index contributed by atoms with van der Waals surface area (Å²) >= 11 is 0. The summed E-state index contributed by atoms with van der Waals surface area (Å²) < 4.78 is 28.8. The Balaban J connectivity index is 1.96. The van der Waals surface area contributed by atoms with Crippen molar-refractivity contribution in [2.75, 3.05) is 10.8 Å². The van der Waals surface area contributed by atoms with Gasteiger partial charge in [-0.25, -0.2) is 8.42 Å². The fourth-order valence-corrected chi connectivity index (χ4v) is 5.42. The van der Waals surface area contributed by atoms with E-state index in [1.807, 2.05) is 30.3 Å². The van der Waals surface area contributed by atoms with Crippen LogP contribution in [-0.2, 0) is 16.6 Å². The highest BCUT2D eigenvalue weighted by Crippen LogP contribution is 2.29. The molecule has 0 radical (unpaired) electrons. The minimum Gasteiger partial charge on any atom is -0.352 e. The van der Waals surface area contributed by atoms with Crippen molar-refractivity contribution < 1.29 is 13.2 Å². The third kappa shape index (κ3) is 6.48. The van der Waals surface area contributed by atoms with Gasteiger partial charge in [-0.05, 0) is 42.2 Å². The third-order valence-electron chi connectivity index (χ3n) is 6.01. The molecule has 0 aliphatic rings. The van der Waals surface area contributed by atoms with Crippen molar-refractivity contribution in [1.82, 2.24) is 5.32 Å². The minimum absolute atomic E-state index is 0.121. The Hall–Kier alpha value is -3.12. The van der Waals surface area contributed by atoms with Crippen LogP contribution in [0.2, 0.25) is 0 Å². The van der Waals surface area contributed by atoms with Crippen LogP contribution < -0.4 is 9.62 Å². The number of nitrogens with one attached hydrogen (secondary N) is 1. The molecule has 5 nitrogen and oxygen atoms in total. The van der Waals surface area contributed by atoms with E-state index in [4.69, 9.17) is 0 Å². The molecule has 3 aromatic carbocycles. The monoisotopic (exact) mass is 478 g/mol. The molecule has 3 rings (SSSR count). The number of unbranched alkanes of at least 4 members (excludes halogenated alkanes) is 1. The van der Waals surface area contributed by atoms with E-state index in [-0.39, 0.29) is 17.3 Å². The average molecular weight is 479 g/mol. The van der Waals surface area contributed by atoms with Gasteiger partial charge in [0.15, 0.2) is 0 Å². The standard InChI is InChI=1S/C28H34N2O3S/c1-3-5-14-23(4-2)21-29-28(31)26-19-12-13-20-27(26)30(22-24-15-8-6-9-16-24)34(32,33)25-17-10-7-11-18-25/h6-13,15-20,23H,3-5,14,21-22H2,1-2H3,(H,29,31)/t23-/m1/s1. The maximum atomic E-state index is 13.7. The van der Waals surface area contributed by atoms with Crippen LogP contribution in [0.25, 0.3) is 0 Å². The fourth-order valence-electron chi connectivity index (χ4n) is 3.93. The molecular weight excluding hydrogens is 444 g/mol. The smallest absolute Gasteiger partial charge is 0.264 e. The molecule has 1 N–H and O–H groups in total. The second kappa shape index (κ2) is 12.4. The number of hydrogen-bond acceptors (Lipinski definition) is 3. The largest absolute Gasteiger partial charge is 0.352 e. The summed E-state index contributed by atoms with van der Waals surface area (Å²) in [4.78, 5) is 13.4. The normalized spacial score (nSPS) is 12.2. The van der Waals surface area contributed by atoms with Crippen LogP contribution in [0, 0.1) is 5.92 Å². The highest BCUT2D eigenvalue weighted by Gasteiger charge is 2.28. The lowest BCUT2D eigenvalue weighted by Crippen LogP contribution is -2.34. The van der Waals surface area contributed by atoms with Gasteiger partial charge in [0.05, 0.1) is 22.7 Å². The van der Waals surface area contributed by atoms with Crippen LogP contribution in [0.15, 0.2) is 89.8 Å². The summed E-state index contributed by atoms with van der Waals surface area (Å²) in [6.07, 6.45) is 4.31. The molecule has 0 heterocycles. The lowest BCUT2D eigenvalue weighted by atomic mass is 9.99. The van der Waals surface area contributed by atoms with Crippen LogP contribution in [0.1, 0.15) is 55.5 Å². The van der Waals surface area contributed by atoms with Gasteiger partial charge in [0.2, 0.25) is 0 Å². The van der Waals surface area contributed by atoms with E-state index in [1.165, 1.54) is 4.31 Å². The summed E-state index contributed by atoms with van der Waals surface area (Å²) in [6.45, 7) is 4.99. The van der Waals surface area contributed by atoms with Gasteiger partial charge in [0.1, 0.15) is 0 Å². The predicted molar refractivity (Wildman–Crippen MR) is 138 cm³/mol. The Bertz CT molecular complexity index is 1150. The van der Waals surface area contributed by atoms with Crippen LogP contribution >= 0.6 is 0 Å². The predicted octanol–water partition coefficient (Wildman–Crippen LogP) is 6.03. The number of carbonyl (C=O) groups is 1. The van der Waals surface area contributed by atoms with Crippen LogP contribution in [0.3, 0.4) is 0 Å². The Morgan fingerprint density at radius 3 is 2.15 bits per heavy atom. The molecule has 180 valence electrons. The van der Waals surface area contributed by atoms with Gasteiger partial charge in [-0.3, -0.25) is 9.10 Å². The molecule has 34 heavy (non-hydrogen) atoms. The van der Waals surface area contributed by atoms with Crippen LogP contribution in [0.4, 0.5) is 5.69 Å². The minimum atomic E-state index is -3.90. The maximum absolute atomic E-state index is 13.7. The zero-order valence-electron chi connectivity index (χ0n) is 20.0. The van der Waals surface area contributed by atoms with E-state index in [0.717, 1.165) is 31.2 Å². The summed E-state index contributed by atoms with van der Waals surface area (Å²) in [5.41, 5.74) is 1.56. The molecule has 0 saturated carbocycles. The molecule has 3 aromatic rings. The first-order chi connectivity index (χ1) is 16.5. The first-order valence-corrected chi connectivity index (χ1v) is 13.4. The Morgan fingerprint density at radius 2 is 1.50 bits per heavy atom. The molecule has 0 aliphatic carbocycles. The number of rotatable bonds is 12. The van der Waals surface area contributed by atoms with E-state index >= 15 is 0 Å². The lowest BCUT2D eigenvalue weighted by molar-refractivity contribution is 0.0946. The Labute approximate surface area is 203 Å². The van der Waals surface area contributed by atoms with Crippen molar-refractivity contribution in [3.8, 4) is 0 Å². The highest BCUT2D eigenvalue weighted by molar-refractivity contribution is 7.92. The summed E-state index contributed by atoms with van der Waals surface area (Å²) in [6, 6.07) is 24.7. The van der Waals surface area contributed by atoms with Gasteiger partial charge in [-0.15, -0.1) is 0 Å². The highest BCUT2D eigenvalue weighted by atomic mass is 32.2. The van der Waals surface area contributed by atoms with Crippen LogP contribution in [0.5, 0.6) is 0 Å². The van der Waals surface area contributed by atoms with E-state index in [1.54, 1.807) is 54.6 Å². The first-order valence-electron chi connectivity index (χ1n) is 12.0. The number of sulfonamides is 1.